The van der Waals surface area contributed by atoms with Crippen molar-refractivity contribution in [3.63, 3.8) is 0 Å². The molecule has 0 N–H and O–H groups in total. The SMILES string of the molecule is CCCc1c(C(=O)OC)nnn1Cc1c(C)nn(C)c1Cl. The predicted octanol–water partition coefficient (Wildman–Crippen LogP) is 1.76. The molecule has 0 saturated heterocycles. The number of esters is 1. The lowest BCUT2D eigenvalue weighted by atomic mass is 10.2. The molecule has 0 unspecified atom stereocenters. The molecule has 0 bridgehead atoms. The van der Waals surface area contributed by atoms with Crippen LogP contribution < -0.4 is 0 Å². The maximum atomic E-state index is 11.7. The molecule has 0 aliphatic carbocycles. The molecule has 0 spiro atoms. The Labute approximate surface area is 127 Å². The average Bonchev–Trinajstić information content (AvgIpc) is 2.95. The van der Waals surface area contributed by atoms with Gasteiger partial charge in [-0.25, -0.2) is 9.48 Å². The summed E-state index contributed by atoms with van der Waals surface area (Å²) in [4.78, 5) is 11.7. The topological polar surface area (TPSA) is 74.8 Å². The number of hydrogen-bond acceptors (Lipinski definition) is 5. The number of rotatable bonds is 5. The van der Waals surface area contributed by atoms with Crippen molar-refractivity contribution in [2.45, 2.75) is 33.2 Å². The molecule has 0 aliphatic rings. The molecule has 2 aromatic rings. The highest BCUT2D eigenvalue weighted by molar-refractivity contribution is 6.30. The summed E-state index contributed by atoms with van der Waals surface area (Å²) in [5.41, 5.74) is 2.72. The van der Waals surface area contributed by atoms with Crippen molar-refractivity contribution in [2.24, 2.45) is 7.05 Å². The number of aryl methyl sites for hydroxylation is 2. The molecule has 0 aliphatic heterocycles. The molecule has 0 aromatic carbocycles. The molecule has 0 atom stereocenters. The Balaban J connectivity index is 2.40. The van der Waals surface area contributed by atoms with E-state index in [0.717, 1.165) is 23.4 Å². The minimum absolute atomic E-state index is 0.261. The first-order valence-corrected chi connectivity index (χ1v) is 7.06. The zero-order valence-electron chi connectivity index (χ0n) is 12.6. The van der Waals surface area contributed by atoms with Crippen molar-refractivity contribution in [3.8, 4) is 0 Å². The minimum Gasteiger partial charge on any atom is -0.464 e. The van der Waals surface area contributed by atoms with Gasteiger partial charge in [0, 0.05) is 12.6 Å². The summed E-state index contributed by atoms with van der Waals surface area (Å²) in [5, 5.41) is 12.8. The predicted molar refractivity (Wildman–Crippen MR) is 77.4 cm³/mol. The van der Waals surface area contributed by atoms with E-state index >= 15 is 0 Å². The van der Waals surface area contributed by atoms with Crippen molar-refractivity contribution in [1.29, 1.82) is 0 Å². The molecule has 8 heteroatoms. The van der Waals surface area contributed by atoms with E-state index in [1.165, 1.54) is 7.11 Å². The molecule has 2 rings (SSSR count). The zero-order valence-corrected chi connectivity index (χ0v) is 13.3. The maximum Gasteiger partial charge on any atom is 0.360 e. The van der Waals surface area contributed by atoms with E-state index in [0.29, 0.717) is 18.1 Å². The van der Waals surface area contributed by atoms with Gasteiger partial charge in [0.05, 0.1) is 25.0 Å². The monoisotopic (exact) mass is 311 g/mol. The maximum absolute atomic E-state index is 11.7. The summed E-state index contributed by atoms with van der Waals surface area (Å²) in [6.45, 7) is 4.34. The molecule has 114 valence electrons. The van der Waals surface area contributed by atoms with Crippen LogP contribution in [0.1, 0.15) is 40.8 Å². The summed E-state index contributed by atoms with van der Waals surface area (Å²) >= 11 is 6.24. The fourth-order valence-corrected chi connectivity index (χ4v) is 2.44. The molecule has 7 nitrogen and oxygen atoms in total. The van der Waals surface area contributed by atoms with Crippen molar-refractivity contribution in [3.05, 3.63) is 27.8 Å². The van der Waals surface area contributed by atoms with Crippen molar-refractivity contribution >= 4 is 17.6 Å². The molecule has 0 amide bonds. The van der Waals surface area contributed by atoms with Gasteiger partial charge >= 0.3 is 5.97 Å². The molecule has 2 heterocycles. The van der Waals surface area contributed by atoms with E-state index in [1.807, 2.05) is 13.8 Å². The molecular weight excluding hydrogens is 294 g/mol. The summed E-state index contributed by atoms with van der Waals surface area (Å²) in [6, 6.07) is 0. The van der Waals surface area contributed by atoms with Gasteiger partial charge in [-0.2, -0.15) is 5.10 Å². The third-order valence-corrected chi connectivity index (χ3v) is 3.75. The second-order valence-electron chi connectivity index (χ2n) is 4.76. The van der Waals surface area contributed by atoms with Crippen LogP contribution in [0.3, 0.4) is 0 Å². The Hall–Kier alpha value is -1.89. The quantitative estimate of drug-likeness (QED) is 0.787. The van der Waals surface area contributed by atoms with Crippen LogP contribution >= 0.6 is 11.6 Å². The second kappa shape index (κ2) is 6.26. The highest BCUT2D eigenvalue weighted by Crippen LogP contribution is 2.21. The van der Waals surface area contributed by atoms with Crippen LogP contribution in [0.15, 0.2) is 0 Å². The Kier molecular flexibility index (Phi) is 4.62. The standard InChI is InChI=1S/C13H18ClN5O2/c1-5-6-10-11(13(20)21-4)15-17-19(10)7-9-8(2)16-18(3)12(9)14/h5-7H2,1-4H3. The molecular formula is C13H18ClN5O2. The fraction of sp³-hybridized carbons (Fsp3) is 0.538. The summed E-state index contributed by atoms with van der Waals surface area (Å²) in [5.74, 6) is -0.473. The minimum atomic E-state index is -0.473. The number of ether oxygens (including phenoxy) is 1. The van der Waals surface area contributed by atoms with Gasteiger partial charge in [-0.05, 0) is 13.3 Å². The van der Waals surface area contributed by atoms with Crippen molar-refractivity contribution in [1.82, 2.24) is 24.8 Å². The highest BCUT2D eigenvalue weighted by atomic mass is 35.5. The number of hydrogen-bond donors (Lipinski definition) is 0. The smallest absolute Gasteiger partial charge is 0.360 e. The van der Waals surface area contributed by atoms with Gasteiger partial charge in [0.25, 0.3) is 0 Å². The van der Waals surface area contributed by atoms with Crippen LogP contribution in [-0.2, 0) is 24.8 Å². The van der Waals surface area contributed by atoms with Crippen molar-refractivity contribution in [2.75, 3.05) is 7.11 Å². The van der Waals surface area contributed by atoms with Crippen molar-refractivity contribution < 1.29 is 9.53 Å². The number of methoxy groups -OCH3 is 1. The molecule has 0 saturated carbocycles. The first-order chi connectivity index (χ1) is 9.99. The van der Waals surface area contributed by atoms with E-state index in [4.69, 9.17) is 16.3 Å². The first kappa shape index (κ1) is 15.5. The largest absolute Gasteiger partial charge is 0.464 e. The van der Waals surface area contributed by atoms with Crippen LogP contribution in [0.4, 0.5) is 0 Å². The summed E-state index contributed by atoms with van der Waals surface area (Å²) in [6.07, 6.45) is 1.56. The molecule has 0 fully saturated rings. The van der Waals surface area contributed by atoms with Gasteiger partial charge in [-0.1, -0.05) is 30.2 Å². The number of aromatic nitrogens is 5. The van der Waals surface area contributed by atoms with Crippen LogP contribution in [0.2, 0.25) is 5.15 Å². The number of nitrogens with zero attached hydrogens (tertiary/aromatic N) is 5. The fourth-order valence-electron chi connectivity index (χ4n) is 2.20. The zero-order chi connectivity index (χ0) is 15.6. The average molecular weight is 312 g/mol. The van der Waals surface area contributed by atoms with Gasteiger partial charge in [0.15, 0.2) is 5.69 Å². The van der Waals surface area contributed by atoms with Crippen LogP contribution in [0, 0.1) is 6.92 Å². The Bertz CT molecular complexity index is 662. The second-order valence-corrected chi connectivity index (χ2v) is 5.12. The lowest BCUT2D eigenvalue weighted by Crippen LogP contribution is -2.11. The highest BCUT2D eigenvalue weighted by Gasteiger charge is 2.21. The molecule has 0 radical (unpaired) electrons. The van der Waals surface area contributed by atoms with Gasteiger partial charge in [-0.3, -0.25) is 4.68 Å². The lowest BCUT2D eigenvalue weighted by molar-refractivity contribution is 0.0592. The normalized spacial score (nSPS) is 10.9. The Morgan fingerprint density at radius 1 is 1.43 bits per heavy atom. The van der Waals surface area contributed by atoms with Crippen LogP contribution in [0.5, 0.6) is 0 Å². The van der Waals surface area contributed by atoms with Gasteiger partial charge in [0.1, 0.15) is 5.15 Å². The van der Waals surface area contributed by atoms with E-state index in [2.05, 4.69) is 15.4 Å². The molecule has 2 aromatic heterocycles. The van der Waals surface area contributed by atoms with Crippen LogP contribution in [0.25, 0.3) is 0 Å². The first-order valence-electron chi connectivity index (χ1n) is 6.68. The Morgan fingerprint density at radius 3 is 2.67 bits per heavy atom. The summed E-state index contributed by atoms with van der Waals surface area (Å²) < 4.78 is 8.04. The van der Waals surface area contributed by atoms with E-state index in [9.17, 15) is 4.79 Å². The van der Waals surface area contributed by atoms with E-state index in [1.54, 1.807) is 16.4 Å². The van der Waals surface area contributed by atoms with Gasteiger partial charge in [0.2, 0.25) is 0 Å². The van der Waals surface area contributed by atoms with Gasteiger partial charge < -0.3 is 4.74 Å². The van der Waals surface area contributed by atoms with E-state index in [-0.39, 0.29) is 5.69 Å². The number of carbonyl (C=O) groups is 1. The number of halogens is 1. The van der Waals surface area contributed by atoms with Crippen LogP contribution in [-0.4, -0.2) is 37.9 Å². The summed E-state index contributed by atoms with van der Waals surface area (Å²) in [7, 11) is 3.12. The molecule has 21 heavy (non-hydrogen) atoms. The third kappa shape index (κ3) is 2.92. The Morgan fingerprint density at radius 2 is 2.14 bits per heavy atom. The lowest BCUT2D eigenvalue weighted by Gasteiger charge is -2.06. The number of carbonyl (C=O) groups excluding carboxylic acids is 1. The third-order valence-electron chi connectivity index (χ3n) is 3.28. The van der Waals surface area contributed by atoms with E-state index < -0.39 is 5.97 Å². The van der Waals surface area contributed by atoms with Gasteiger partial charge in [-0.15, -0.1) is 5.10 Å².